The summed E-state index contributed by atoms with van der Waals surface area (Å²) in [7, 11) is -3.62. The van der Waals surface area contributed by atoms with Gasteiger partial charge in [-0.15, -0.1) is 0 Å². The molecule has 0 bridgehead atoms. The van der Waals surface area contributed by atoms with Crippen molar-refractivity contribution in [2.45, 2.75) is 143 Å². The summed E-state index contributed by atoms with van der Waals surface area (Å²) in [6.07, 6.45) is 12.9. The molecule has 6 atom stereocenters. The Kier molecular flexibility index (Phi) is 9.37. The molecule has 3 aliphatic rings. The fraction of sp³-hybridized carbons (Fsp3) is 0.906. The highest BCUT2D eigenvalue weighted by Gasteiger charge is 2.66. The summed E-state index contributed by atoms with van der Waals surface area (Å²) in [5.74, 6) is 1.54. The molecule has 0 N–H and O–H groups in total. The summed E-state index contributed by atoms with van der Waals surface area (Å²) < 4.78 is 19.1. The minimum atomic E-state index is -1.82. The average Bonchev–Trinajstić information content (AvgIpc) is 3.33. The Hall–Kier alpha value is -0.436. The van der Waals surface area contributed by atoms with Gasteiger partial charge in [0.25, 0.3) is 0 Å². The van der Waals surface area contributed by atoms with Gasteiger partial charge in [-0.1, -0.05) is 61.0 Å². The van der Waals surface area contributed by atoms with E-state index in [-0.39, 0.29) is 21.5 Å². The van der Waals surface area contributed by atoms with Gasteiger partial charge in [0, 0.05) is 18.8 Å². The van der Waals surface area contributed by atoms with Gasteiger partial charge in [0.2, 0.25) is 0 Å². The van der Waals surface area contributed by atoms with Crippen LogP contribution >= 0.6 is 0 Å². The second-order valence-corrected chi connectivity index (χ2v) is 25.6. The zero-order valence-corrected chi connectivity index (χ0v) is 29.0. The summed E-state index contributed by atoms with van der Waals surface area (Å²) in [6, 6.07) is 0. The first-order valence-corrected chi connectivity index (χ1v) is 21.3. The van der Waals surface area contributed by atoms with Crippen molar-refractivity contribution < 1.29 is 18.4 Å². The molecule has 0 aliphatic heterocycles. The van der Waals surface area contributed by atoms with E-state index in [1.165, 1.54) is 38.5 Å². The van der Waals surface area contributed by atoms with Gasteiger partial charge in [0.05, 0.1) is 6.61 Å². The van der Waals surface area contributed by atoms with Crippen molar-refractivity contribution in [3.63, 3.8) is 0 Å². The molecule has 2 unspecified atom stereocenters. The highest BCUT2D eigenvalue weighted by molar-refractivity contribution is 6.74. The third-order valence-electron chi connectivity index (χ3n) is 11.8. The third kappa shape index (κ3) is 6.39. The van der Waals surface area contributed by atoms with Crippen molar-refractivity contribution in [2.24, 2.45) is 28.6 Å². The third-order valence-corrected chi connectivity index (χ3v) is 20.8. The Morgan fingerprint density at radius 1 is 0.974 bits per heavy atom. The Morgan fingerprint density at radius 3 is 2.18 bits per heavy atom. The van der Waals surface area contributed by atoms with E-state index in [1.807, 2.05) is 6.92 Å². The monoisotopic (exact) mass is 564 g/mol. The molecule has 0 saturated heterocycles. The first kappa shape index (κ1) is 32.1. The zero-order valence-electron chi connectivity index (χ0n) is 27.0. The van der Waals surface area contributed by atoms with Crippen LogP contribution in [0.3, 0.4) is 0 Å². The van der Waals surface area contributed by atoms with Crippen LogP contribution in [0.4, 0.5) is 0 Å². The predicted octanol–water partition coefficient (Wildman–Crippen LogP) is 9.13. The molecule has 0 heterocycles. The molecule has 3 saturated carbocycles. The molecule has 38 heavy (non-hydrogen) atoms. The number of ether oxygens (including phenoxy) is 1. The van der Waals surface area contributed by atoms with Crippen molar-refractivity contribution in [1.29, 1.82) is 0 Å². The fourth-order valence-corrected chi connectivity index (χ4v) is 9.77. The molecule has 3 rings (SSSR count). The van der Waals surface area contributed by atoms with Crippen LogP contribution < -0.4 is 0 Å². The lowest BCUT2D eigenvalue weighted by Gasteiger charge is -2.50. The van der Waals surface area contributed by atoms with Crippen molar-refractivity contribution in [3.05, 3.63) is 12.2 Å². The van der Waals surface area contributed by atoms with Crippen molar-refractivity contribution >= 4 is 22.6 Å². The second kappa shape index (κ2) is 11.1. The van der Waals surface area contributed by atoms with E-state index >= 15 is 0 Å². The minimum Gasteiger partial charge on any atom is -0.463 e. The van der Waals surface area contributed by atoms with E-state index in [9.17, 15) is 4.79 Å². The number of hydrogen-bond acceptors (Lipinski definition) is 4. The predicted molar refractivity (Wildman–Crippen MR) is 164 cm³/mol. The maximum Gasteiger partial charge on any atom is 0.330 e. The van der Waals surface area contributed by atoms with Crippen LogP contribution in [0.25, 0.3) is 0 Å². The number of fused-ring (bicyclic) bond motifs is 1. The number of esters is 1. The smallest absolute Gasteiger partial charge is 0.330 e. The molecular weight excluding hydrogens is 505 g/mol. The van der Waals surface area contributed by atoms with Gasteiger partial charge in [-0.05, 0) is 110 Å². The van der Waals surface area contributed by atoms with Crippen LogP contribution in [0.1, 0.15) is 100 Å². The van der Waals surface area contributed by atoms with Crippen LogP contribution in [0, 0.1) is 28.6 Å². The summed E-state index contributed by atoms with van der Waals surface area (Å²) >= 11 is 0. The zero-order chi connectivity index (χ0) is 28.8. The number of allylic oxidation sites excluding steroid dienone is 1. The Morgan fingerprint density at radius 2 is 1.61 bits per heavy atom. The molecule has 0 amide bonds. The topological polar surface area (TPSA) is 44.8 Å². The number of carbonyl (C=O) groups is 1. The molecule has 4 nitrogen and oxygen atoms in total. The van der Waals surface area contributed by atoms with Crippen molar-refractivity contribution in [2.75, 3.05) is 13.2 Å². The molecule has 0 spiro atoms. The van der Waals surface area contributed by atoms with E-state index in [4.69, 9.17) is 13.6 Å². The van der Waals surface area contributed by atoms with Crippen molar-refractivity contribution in [3.8, 4) is 0 Å². The van der Waals surface area contributed by atoms with Crippen LogP contribution in [0.5, 0.6) is 0 Å². The quantitative estimate of drug-likeness (QED) is 0.151. The van der Waals surface area contributed by atoms with Crippen molar-refractivity contribution in [1.82, 2.24) is 0 Å². The highest BCUT2D eigenvalue weighted by Crippen LogP contribution is 2.72. The van der Waals surface area contributed by atoms with Gasteiger partial charge >= 0.3 is 5.97 Å². The first-order chi connectivity index (χ1) is 17.3. The molecule has 3 aliphatic carbocycles. The SMILES string of the molecule is CCOC(=O)C=CC1CC1(CCO[Si](C)(C)C(C)(C)C)[C@H]1CC[C@H]2[C@@H](O[Si](C)(C)C(C)(C)C)CCC[C@]12C. The Bertz CT molecular complexity index is 868. The van der Waals surface area contributed by atoms with Gasteiger partial charge < -0.3 is 13.6 Å². The first-order valence-electron chi connectivity index (χ1n) is 15.5. The van der Waals surface area contributed by atoms with Crippen LogP contribution in [0.2, 0.25) is 36.3 Å². The largest absolute Gasteiger partial charge is 0.463 e. The van der Waals surface area contributed by atoms with Crippen LogP contribution in [0.15, 0.2) is 12.2 Å². The van der Waals surface area contributed by atoms with Crippen LogP contribution in [-0.2, 0) is 18.4 Å². The van der Waals surface area contributed by atoms with Crippen LogP contribution in [-0.4, -0.2) is 41.9 Å². The van der Waals surface area contributed by atoms with Gasteiger partial charge in [-0.3, -0.25) is 0 Å². The molecule has 3 fully saturated rings. The van der Waals surface area contributed by atoms with E-state index in [0.717, 1.165) is 13.0 Å². The lowest BCUT2D eigenvalue weighted by atomic mass is 9.60. The van der Waals surface area contributed by atoms with Gasteiger partial charge in [-0.25, -0.2) is 4.79 Å². The highest BCUT2D eigenvalue weighted by atomic mass is 28.4. The maximum absolute atomic E-state index is 12.2. The fourth-order valence-electron chi connectivity index (χ4n) is 7.33. The maximum atomic E-state index is 12.2. The molecule has 0 radical (unpaired) electrons. The molecule has 220 valence electrons. The Balaban J connectivity index is 1.83. The Labute approximate surface area is 237 Å². The summed E-state index contributed by atoms with van der Waals surface area (Å²) in [5.41, 5.74) is 0.530. The lowest BCUT2D eigenvalue weighted by Crippen LogP contribution is -2.50. The standard InChI is InChI=1S/C32H60O4Si2/c1-13-34-28(33)19-16-24-23-32(24,21-22-35-37(9,10)29(2,3)4)27-18-17-25-26(15-14-20-31(25,27)8)36-38(11,12)30(5,6)7/h16,19,24-27H,13-15,17-18,20-23H2,1-12H3/t24?,25-,26-,27-,31-,32?/m0/s1. The second-order valence-electron chi connectivity index (χ2n) is 16.1. The van der Waals surface area contributed by atoms with E-state index in [0.29, 0.717) is 35.9 Å². The summed E-state index contributed by atoms with van der Waals surface area (Å²) in [4.78, 5) is 12.2. The van der Waals surface area contributed by atoms with E-state index in [2.05, 4.69) is 80.7 Å². The molecule has 0 aromatic rings. The molecular formula is C32H60O4Si2. The molecule has 6 heteroatoms. The summed E-state index contributed by atoms with van der Waals surface area (Å²) in [5, 5.41) is 0.454. The van der Waals surface area contributed by atoms with Gasteiger partial charge in [0.15, 0.2) is 16.6 Å². The number of hydrogen-bond donors (Lipinski definition) is 0. The normalized spacial score (nSPS) is 34.4. The lowest BCUT2D eigenvalue weighted by molar-refractivity contribution is -0.137. The summed E-state index contributed by atoms with van der Waals surface area (Å²) in [6.45, 7) is 29.3. The molecule has 0 aromatic heterocycles. The average molecular weight is 565 g/mol. The minimum absolute atomic E-state index is 0.207. The van der Waals surface area contributed by atoms with E-state index < -0.39 is 16.6 Å². The molecule has 0 aromatic carbocycles. The number of rotatable bonds is 10. The van der Waals surface area contributed by atoms with E-state index in [1.54, 1.807) is 6.08 Å². The van der Waals surface area contributed by atoms with Gasteiger partial charge in [0.1, 0.15) is 0 Å². The van der Waals surface area contributed by atoms with Gasteiger partial charge in [-0.2, -0.15) is 0 Å². The number of carbonyl (C=O) groups excluding carboxylic acids is 1.